The third-order valence-corrected chi connectivity index (χ3v) is 9.33. The Bertz CT molecular complexity index is 1190. The number of piperidine rings is 1. The van der Waals surface area contributed by atoms with Crippen LogP contribution in [0.4, 0.5) is 0 Å². The van der Waals surface area contributed by atoms with Crippen molar-refractivity contribution in [2.75, 3.05) is 13.1 Å². The second-order valence-electron chi connectivity index (χ2n) is 11.2. The smallest absolute Gasteiger partial charge is 0.251 e. The molecular weight excluding hydrogens is 428 g/mol. The maximum atomic E-state index is 13.2. The van der Waals surface area contributed by atoms with Crippen LogP contribution in [0.15, 0.2) is 47.4 Å². The summed E-state index contributed by atoms with van der Waals surface area (Å²) < 4.78 is 1.51. The van der Waals surface area contributed by atoms with Gasteiger partial charge in [-0.1, -0.05) is 43.2 Å². The highest BCUT2D eigenvalue weighted by atomic mass is 16.3. The first-order chi connectivity index (χ1) is 16.4. The maximum absolute atomic E-state index is 13.2. The Balaban J connectivity index is 1.29. The van der Waals surface area contributed by atoms with E-state index >= 15 is 0 Å². The highest BCUT2D eigenvalue weighted by Crippen LogP contribution is 2.71. The number of aliphatic hydroxyl groups is 1. The van der Waals surface area contributed by atoms with E-state index in [0.717, 1.165) is 44.0 Å². The number of aldehydes is 1. The molecule has 0 radical (unpaired) electrons. The summed E-state index contributed by atoms with van der Waals surface area (Å²) in [4.78, 5) is 40.2. The number of carbonyl (C=O) groups is 2. The van der Waals surface area contributed by atoms with Gasteiger partial charge in [-0.25, -0.2) is 0 Å². The first-order valence-electron chi connectivity index (χ1n) is 12.7. The van der Waals surface area contributed by atoms with Crippen molar-refractivity contribution in [2.24, 2.45) is 16.7 Å². The second kappa shape index (κ2) is 7.64. The highest BCUT2D eigenvalue weighted by molar-refractivity contribution is 5.87. The number of rotatable bonds is 5. The quantitative estimate of drug-likeness (QED) is 0.691. The minimum atomic E-state index is -1.08. The molecule has 3 aliphatic carbocycles. The van der Waals surface area contributed by atoms with E-state index in [1.54, 1.807) is 6.20 Å². The fourth-order valence-corrected chi connectivity index (χ4v) is 6.87. The van der Waals surface area contributed by atoms with Crippen LogP contribution in [-0.2, 0) is 11.3 Å². The molecule has 1 aromatic heterocycles. The van der Waals surface area contributed by atoms with Crippen LogP contribution in [0.5, 0.6) is 0 Å². The first kappa shape index (κ1) is 21.8. The predicted octanol–water partition coefficient (Wildman–Crippen LogP) is 3.65. The van der Waals surface area contributed by atoms with Crippen molar-refractivity contribution in [3.63, 3.8) is 0 Å². The third-order valence-electron chi connectivity index (χ3n) is 9.33. The standard InChI is InChI=1S/C28H32N2O4/c31-17-21-16-30(24(32)14-22(21)20-6-2-1-3-7-20)19-28(34)12-13-29(18-27(28)8-4-5-9-27)25(33)23-15-26(23)10-11-26/h1-3,6-7,14,16-17,23,34H,4-5,8-13,15,18-19H2. The monoisotopic (exact) mass is 460 g/mol. The van der Waals surface area contributed by atoms with E-state index in [0.29, 0.717) is 36.1 Å². The summed E-state index contributed by atoms with van der Waals surface area (Å²) in [6, 6.07) is 10.9. The summed E-state index contributed by atoms with van der Waals surface area (Å²) in [6.45, 7) is 1.25. The van der Waals surface area contributed by atoms with E-state index in [9.17, 15) is 19.5 Å². The van der Waals surface area contributed by atoms with Crippen LogP contribution in [0.3, 0.4) is 0 Å². The number of carbonyl (C=O) groups excluding carboxylic acids is 2. The average molecular weight is 461 g/mol. The van der Waals surface area contributed by atoms with Gasteiger partial charge >= 0.3 is 0 Å². The molecule has 1 aliphatic heterocycles. The lowest BCUT2D eigenvalue weighted by atomic mass is 9.65. The van der Waals surface area contributed by atoms with Crippen molar-refractivity contribution in [3.8, 4) is 11.1 Å². The molecule has 1 aromatic carbocycles. The molecule has 4 aliphatic rings. The molecule has 0 bridgehead atoms. The summed E-state index contributed by atoms with van der Waals surface area (Å²) in [6.07, 6.45) is 10.0. The zero-order valence-electron chi connectivity index (χ0n) is 19.5. The molecule has 2 atom stereocenters. The number of nitrogens with zero attached hydrogens (tertiary/aromatic N) is 2. The number of aromatic nitrogens is 1. The number of hydrogen-bond acceptors (Lipinski definition) is 4. The van der Waals surface area contributed by atoms with Crippen molar-refractivity contribution >= 4 is 12.2 Å². The third kappa shape index (κ3) is 3.37. The number of benzene rings is 1. The molecule has 2 spiro atoms. The zero-order chi connectivity index (χ0) is 23.6. The SMILES string of the molecule is O=Cc1cn(CC2(O)CCN(C(=O)C3CC34CC4)CC23CCCC3)c(=O)cc1-c1ccccc1. The maximum Gasteiger partial charge on any atom is 0.251 e. The van der Waals surface area contributed by atoms with Crippen LogP contribution >= 0.6 is 0 Å². The van der Waals surface area contributed by atoms with Crippen LogP contribution in [0.1, 0.15) is 61.7 Å². The average Bonchev–Trinajstić information content (AvgIpc) is 3.74. The molecule has 6 nitrogen and oxygen atoms in total. The number of amides is 1. The number of pyridine rings is 1. The lowest BCUT2D eigenvalue weighted by Gasteiger charge is -2.52. The van der Waals surface area contributed by atoms with Gasteiger partial charge in [0.2, 0.25) is 5.91 Å². The van der Waals surface area contributed by atoms with Gasteiger partial charge in [-0.3, -0.25) is 14.4 Å². The van der Waals surface area contributed by atoms with Gasteiger partial charge in [-0.15, -0.1) is 0 Å². The Morgan fingerprint density at radius 3 is 2.47 bits per heavy atom. The minimum Gasteiger partial charge on any atom is -0.387 e. The molecule has 3 saturated carbocycles. The van der Waals surface area contributed by atoms with Crippen molar-refractivity contribution in [2.45, 2.75) is 63.5 Å². The van der Waals surface area contributed by atoms with Gasteiger partial charge in [0.1, 0.15) is 0 Å². The summed E-state index contributed by atoms with van der Waals surface area (Å²) in [5, 5.41) is 12.0. The summed E-state index contributed by atoms with van der Waals surface area (Å²) in [5.41, 5.74) is 0.486. The van der Waals surface area contributed by atoms with Crippen molar-refractivity contribution in [1.29, 1.82) is 0 Å². The Hall–Kier alpha value is -2.73. The molecule has 2 heterocycles. The van der Waals surface area contributed by atoms with Gasteiger partial charge in [-0.05, 0) is 55.1 Å². The van der Waals surface area contributed by atoms with Crippen molar-refractivity contribution in [1.82, 2.24) is 9.47 Å². The minimum absolute atomic E-state index is 0.150. The van der Waals surface area contributed by atoms with Gasteiger partial charge < -0.3 is 14.6 Å². The number of hydrogen-bond donors (Lipinski definition) is 1. The topological polar surface area (TPSA) is 79.6 Å². The van der Waals surface area contributed by atoms with Gasteiger partial charge in [0.25, 0.3) is 5.56 Å². The Morgan fingerprint density at radius 1 is 1.09 bits per heavy atom. The fraction of sp³-hybridized carbons (Fsp3) is 0.536. The van der Waals surface area contributed by atoms with Gasteiger partial charge in [-0.2, -0.15) is 0 Å². The van der Waals surface area contributed by atoms with Gasteiger partial charge in [0.15, 0.2) is 6.29 Å². The highest BCUT2D eigenvalue weighted by Gasteiger charge is 2.67. The van der Waals surface area contributed by atoms with Crippen LogP contribution in [0, 0.1) is 16.7 Å². The molecule has 178 valence electrons. The second-order valence-corrected chi connectivity index (χ2v) is 11.2. The molecule has 6 rings (SSSR count). The van der Waals surface area contributed by atoms with Crippen molar-refractivity contribution < 1.29 is 14.7 Å². The molecule has 1 amide bonds. The van der Waals surface area contributed by atoms with E-state index in [1.807, 2.05) is 35.2 Å². The molecule has 2 aromatic rings. The van der Waals surface area contributed by atoms with Gasteiger partial charge in [0, 0.05) is 42.2 Å². The van der Waals surface area contributed by atoms with Crippen LogP contribution in [-0.4, -0.2) is 45.5 Å². The molecule has 2 unspecified atom stereocenters. The summed E-state index contributed by atoms with van der Waals surface area (Å²) in [5.74, 6) is 0.471. The fourth-order valence-electron chi connectivity index (χ4n) is 6.87. The van der Waals surface area contributed by atoms with E-state index in [1.165, 1.54) is 23.5 Å². The molecular formula is C28H32N2O4. The predicted molar refractivity (Wildman–Crippen MR) is 128 cm³/mol. The lowest BCUT2D eigenvalue weighted by Crippen LogP contribution is -2.62. The first-order valence-corrected chi connectivity index (χ1v) is 12.7. The Labute approximate surface area is 199 Å². The van der Waals surface area contributed by atoms with Crippen LogP contribution in [0.25, 0.3) is 11.1 Å². The van der Waals surface area contributed by atoms with E-state index < -0.39 is 11.0 Å². The summed E-state index contributed by atoms with van der Waals surface area (Å²) >= 11 is 0. The Kier molecular flexibility index (Phi) is 4.89. The Morgan fingerprint density at radius 2 is 1.82 bits per heavy atom. The normalized spacial score (nSPS) is 28.3. The van der Waals surface area contributed by atoms with E-state index in [-0.39, 0.29) is 23.9 Å². The zero-order valence-corrected chi connectivity index (χ0v) is 19.5. The molecule has 1 N–H and O–H groups in total. The molecule has 6 heteroatoms. The number of likely N-dealkylation sites (tertiary alicyclic amines) is 1. The molecule has 34 heavy (non-hydrogen) atoms. The summed E-state index contributed by atoms with van der Waals surface area (Å²) in [7, 11) is 0. The van der Waals surface area contributed by atoms with E-state index in [2.05, 4.69) is 0 Å². The van der Waals surface area contributed by atoms with Crippen LogP contribution in [0.2, 0.25) is 0 Å². The van der Waals surface area contributed by atoms with E-state index in [4.69, 9.17) is 0 Å². The van der Waals surface area contributed by atoms with Crippen molar-refractivity contribution in [3.05, 3.63) is 58.5 Å². The molecule has 4 fully saturated rings. The van der Waals surface area contributed by atoms with Crippen LogP contribution < -0.4 is 5.56 Å². The van der Waals surface area contributed by atoms with Gasteiger partial charge in [0.05, 0.1) is 12.1 Å². The largest absolute Gasteiger partial charge is 0.387 e. The molecule has 1 saturated heterocycles. The lowest BCUT2D eigenvalue weighted by molar-refractivity contribution is -0.161.